The molecule has 0 aromatic heterocycles. The maximum absolute atomic E-state index is 11.2. The Hall–Kier alpha value is -5.28. The molecule has 0 spiro atoms. The van der Waals surface area contributed by atoms with Crippen molar-refractivity contribution in [3.8, 4) is 11.5 Å². The van der Waals surface area contributed by atoms with Gasteiger partial charge in [0.05, 0.1) is 37.6 Å². The number of aliphatic hydroxyl groups is 1. The second-order valence-corrected chi connectivity index (χ2v) is 20.6. The van der Waals surface area contributed by atoms with Gasteiger partial charge < -0.3 is 33.5 Å². The largest absolute Gasteiger partial charge is 0.491 e. The maximum atomic E-state index is 11.2. The molecule has 10 rings (SSSR count). The zero-order chi connectivity index (χ0) is 46.8. The van der Waals surface area contributed by atoms with Gasteiger partial charge in [-0.25, -0.2) is 0 Å². The lowest BCUT2D eigenvalue weighted by molar-refractivity contribution is -0.0717. The van der Waals surface area contributed by atoms with Crippen LogP contribution in [0.1, 0.15) is 122 Å². The van der Waals surface area contributed by atoms with Gasteiger partial charge in [-0.1, -0.05) is 134 Å². The summed E-state index contributed by atoms with van der Waals surface area (Å²) in [5.41, 5.74) is 11.2. The van der Waals surface area contributed by atoms with Crippen LogP contribution in [0.15, 0.2) is 146 Å². The van der Waals surface area contributed by atoms with Crippen LogP contribution in [0.25, 0.3) is 0 Å². The van der Waals surface area contributed by atoms with E-state index >= 15 is 0 Å². The summed E-state index contributed by atoms with van der Waals surface area (Å²) in [4.78, 5) is 0. The molecule has 354 valence electrons. The topological polar surface area (TPSA) is 82.2 Å². The molecule has 0 amide bonds. The van der Waals surface area contributed by atoms with Crippen molar-refractivity contribution in [2.45, 2.75) is 119 Å². The predicted octanol–water partition coefficient (Wildman–Crippen LogP) is 11.9. The Morgan fingerprint density at radius 1 is 0.500 bits per heavy atom. The summed E-state index contributed by atoms with van der Waals surface area (Å²) < 4.78 is 35.9. The summed E-state index contributed by atoms with van der Waals surface area (Å²) in [7, 11) is 0. The highest BCUT2D eigenvalue weighted by Gasteiger charge is 2.41. The summed E-state index contributed by atoms with van der Waals surface area (Å²) in [5.74, 6) is 1.59. The van der Waals surface area contributed by atoms with E-state index in [9.17, 15) is 5.11 Å². The third-order valence-electron chi connectivity index (χ3n) is 15.2. The Morgan fingerprint density at radius 2 is 0.912 bits per heavy atom. The van der Waals surface area contributed by atoms with Crippen LogP contribution in [0, 0.1) is 0 Å². The molecule has 6 aromatic carbocycles. The maximum Gasteiger partial charge on any atom is 0.119 e. The normalized spacial score (nSPS) is 22.8. The van der Waals surface area contributed by atoms with E-state index in [4.69, 9.17) is 28.4 Å². The van der Waals surface area contributed by atoms with Crippen molar-refractivity contribution in [2.75, 3.05) is 39.6 Å². The lowest BCUT2D eigenvalue weighted by atomic mass is 9.66. The molecule has 1 N–H and O–H groups in total. The summed E-state index contributed by atoms with van der Waals surface area (Å²) in [6.07, 6.45) is 8.36. The fourth-order valence-corrected chi connectivity index (χ4v) is 11.0. The number of epoxide rings is 2. The van der Waals surface area contributed by atoms with Gasteiger partial charge in [0.2, 0.25) is 0 Å². The summed E-state index contributed by atoms with van der Waals surface area (Å²) in [6, 6.07) is 53.3. The first-order valence-electron chi connectivity index (χ1n) is 25.1. The van der Waals surface area contributed by atoms with Gasteiger partial charge in [0.1, 0.15) is 43.0 Å². The van der Waals surface area contributed by atoms with E-state index in [1.54, 1.807) is 0 Å². The highest BCUT2D eigenvalue weighted by molar-refractivity contribution is 5.57. The van der Waals surface area contributed by atoms with Gasteiger partial charge >= 0.3 is 0 Å². The van der Waals surface area contributed by atoms with Crippen LogP contribution in [0.2, 0.25) is 0 Å². The molecule has 7 nitrogen and oxygen atoms in total. The monoisotopic (exact) mass is 912 g/mol. The van der Waals surface area contributed by atoms with Gasteiger partial charge in [-0.15, -0.1) is 0 Å². The summed E-state index contributed by atoms with van der Waals surface area (Å²) in [5, 5.41) is 11.2. The van der Waals surface area contributed by atoms with E-state index in [1.165, 1.54) is 44.5 Å². The average molecular weight is 913 g/mol. The molecule has 0 saturated carbocycles. The molecule has 2 heterocycles. The third kappa shape index (κ3) is 9.79. The average Bonchev–Trinajstić information content (AvgIpc) is 4.30. The van der Waals surface area contributed by atoms with Gasteiger partial charge in [0.25, 0.3) is 0 Å². The van der Waals surface area contributed by atoms with Crippen molar-refractivity contribution in [3.05, 3.63) is 201 Å². The Balaban J connectivity index is 0.819. The minimum atomic E-state index is -0.814. The van der Waals surface area contributed by atoms with E-state index in [1.807, 2.05) is 0 Å². The lowest BCUT2D eigenvalue weighted by Crippen LogP contribution is -2.32. The van der Waals surface area contributed by atoms with Crippen molar-refractivity contribution >= 4 is 0 Å². The second kappa shape index (κ2) is 19.6. The quantitative estimate of drug-likeness (QED) is 0.0679. The third-order valence-corrected chi connectivity index (χ3v) is 15.2. The molecule has 2 saturated heterocycles. The molecule has 0 bridgehead atoms. The smallest absolute Gasteiger partial charge is 0.119 e. The zero-order valence-corrected chi connectivity index (χ0v) is 40.4. The molecule has 5 unspecified atom stereocenters. The van der Waals surface area contributed by atoms with Crippen LogP contribution in [-0.4, -0.2) is 63.1 Å². The fraction of sp³-hybridized carbons (Fsp3) is 0.410. The van der Waals surface area contributed by atoms with Crippen LogP contribution < -0.4 is 9.47 Å². The molecule has 4 aliphatic rings. The number of fused-ring (bicyclic) bond motifs is 2. The molecule has 6 aromatic rings. The van der Waals surface area contributed by atoms with Crippen molar-refractivity contribution in [1.82, 2.24) is 0 Å². The van der Waals surface area contributed by atoms with Crippen LogP contribution >= 0.6 is 0 Å². The van der Waals surface area contributed by atoms with Gasteiger partial charge in [-0.05, 0) is 146 Å². The van der Waals surface area contributed by atoms with E-state index in [2.05, 4.69) is 173 Å². The van der Waals surface area contributed by atoms with E-state index in [-0.39, 0.29) is 36.3 Å². The Bertz CT molecular complexity index is 2610. The minimum absolute atomic E-state index is 0.120. The number of rotatable bonds is 18. The Labute approximate surface area is 403 Å². The first-order valence-corrected chi connectivity index (χ1v) is 25.1. The van der Waals surface area contributed by atoms with E-state index < -0.39 is 17.3 Å². The molecule has 2 aliphatic carbocycles. The van der Waals surface area contributed by atoms with Crippen LogP contribution in [0.4, 0.5) is 0 Å². The number of aliphatic hydroxyl groups excluding tert-OH is 1. The second-order valence-electron chi connectivity index (χ2n) is 20.6. The molecule has 5 atom stereocenters. The number of ether oxygens (including phenoxy) is 6. The van der Waals surface area contributed by atoms with Gasteiger partial charge in [0.15, 0.2) is 0 Å². The number of aryl methyl sites for hydroxylation is 2. The zero-order valence-electron chi connectivity index (χ0n) is 40.4. The molecule has 7 heteroatoms. The number of hydrogen-bond donors (Lipinski definition) is 1. The molecular formula is C61H68O7. The van der Waals surface area contributed by atoms with Crippen LogP contribution in [0.3, 0.4) is 0 Å². The summed E-state index contributed by atoms with van der Waals surface area (Å²) in [6.45, 7) is 11.4. The van der Waals surface area contributed by atoms with E-state index in [0.29, 0.717) is 13.2 Å². The highest BCUT2D eigenvalue weighted by atomic mass is 16.6. The SMILES string of the molecule is CC(C)(OCC(O)COc1ccc(C2(c3ccc(C(C)(C)OCC4CO4)cc3)CCCCc3ccccc32)cc1)c1ccc(C2(c3ccc(OCC4CO4)cc3)CCCCc3ccccc32)cc1. The molecule has 0 radical (unpaired) electrons. The first kappa shape index (κ1) is 46.4. The van der Waals surface area contributed by atoms with Crippen molar-refractivity contribution in [3.63, 3.8) is 0 Å². The number of hydrogen-bond acceptors (Lipinski definition) is 7. The highest BCUT2D eigenvalue weighted by Crippen LogP contribution is 2.49. The predicted molar refractivity (Wildman–Crippen MR) is 268 cm³/mol. The molecule has 2 fully saturated rings. The van der Waals surface area contributed by atoms with Gasteiger partial charge in [0, 0.05) is 10.8 Å². The minimum Gasteiger partial charge on any atom is -0.491 e. The molecule has 68 heavy (non-hydrogen) atoms. The molecule has 2 aliphatic heterocycles. The van der Waals surface area contributed by atoms with Crippen molar-refractivity contribution < 1.29 is 33.5 Å². The number of benzene rings is 6. The van der Waals surface area contributed by atoms with E-state index in [0.717, 1.165) is 87.2 Å². The van der Waals surface area contributed by atoms with Crippen LogP contribution in [0.5, 0.6) is 11.5 Å². The van der Waals surface area contributed by atoms with Crippen molar-refractivity contribution in [2.24, 2.45) is 0 Å². The van der Waals surface area contributed by atoms with Gasteiger partial charge in [-0.2, -0.15) is 0 Å². The lowest BCUT2D eigenvalue weighted by Gasteiger charge is -2.37. The molecular weight excluding hydrogens is 845 g/mol. The fourth-order valence-electron chi connectivity index (χ4n) is 11.0. The van der Waals surface area contributed by atoms with Crippen molar-refractivity contribution in [1.29, 1.82) is 0 Å². The Kier molecular flexibility index (Phi) is 13.4. The standard InChI is InChI=1S/C61H68O7/c1-58(2,45-19-23-47(24-20-45)61(36-12-10-16-44-14-6-8-18-57(44)61)50-29-33-53(34-30-50)64-39-54-40-65-54)67-38-51(62)37-63-52-31-27-49(28-32-52)60(35-11-9-15-43-13-5-7-17-56(43)60)48-25-21-46(22-26-48)59(3,4)68-42-55-41-66-55/h5-8,13-14,17-34,51,54-55,62H,9-12,15-16,35-42H2,1-4H3. The van der Waals surface area contributed by atoms with Gasteiger partial charge in [-0.3, -0.25) is 0 Å². The Morgan fingerprint density at radius 3 is 1.38 bits per heavy atom. The first-order chi connectivity index (χ1) is 33.0. The summed E-state index contributed by atoms with van der Waals surface area (Å²) >= 11 is 0. The van der Waals surface area contributed by atoms with Crippen LogP contribution in [-0.2, 0) is 53.8 Å².